The zero-order chi connectivity index (χ0) is 20.6. The summed E-state index contributed by atoms with van der Waals surface area (Å²) < 4.78 is 33.6. The van der Waals surface area contributed by atoms with Crippen molar-refractivity contribution < 1.29 is 17.9 Å². The summed E-state index contributed by atoms with van der Waals surface area (Å²) in [6, 6.07) is 16.8. The minimum Gasteiger partial charge on any atom is -0.373 e. The van der Waals surface area contributed by atoms with Crippen LogP contribution in [0.5, 0.6) is 0 Å². The zero-order valence-electron chi connectivity index (χ0n) is 16.8. The normalized spacial score (nSPS) is 27.7. The lowest BCUT2D eigenvalue weighted by molar-refractivity contribution is -0.127. The molecule has 2 aliphatic rings. The summed E-state index contributed by atoms with van der Waals surface area (Å²) in [7, 11) is -3.67. The Morgan fingerprint density at radius 2 is 1.76 bits per heavy atom. The second-order valence-electron chi connectivity index (χ2n) is 8.28. The highest BCUT2D eigenvalue weighted by Crippen LogP contribution is 2.43. The lowest BCUT2D eigenvalue weighted by Crippen LogP contribution is -2.48. The largest absolute Gasteiger partial charge is 0.373 e. The maximum absolute atomic E-state index is 13.1. The van der Waals surface area contributed by atoms with E-state index in [0.29, 0.717) is 19.6 Å². The number of benzene rings is 2. The molecule has 5 nitrogen and oxygen atoms in total. The molecule has 1 saturated carbocycles. The van der Waals surface area contributed by atoms with Crippen LogP contribution in [-0.2, 0) is 26.2 Å². The van der Waals surface area contributed by atoms with Crippen molar-refractivity contribution in [1.29, 1.82) is 0 Å². The Morgan fingerprint density at radius 1 is 1.07 bits per heavy atom. The first-order chi connectivity index (χ1) is 13.9. The van der Waals surface area contributed by atoms with E-state index in [1.54, 1.807) is 24.3 Å². The number of hydrogen-bond donors (Lipinski definition) is 0. The van der Waals surface area contributed by atoms with Gasteiger partial charge in [0.2, 0.25) is 10.0 Å². The Morgan fingerprint density at radius 3 is 2.45 bits per heavy atom. The first kappa shape index (κ1) is 20.3. The molecule has 0 N–H and O–H groups in total. The van der Waals surface area contributed by atoms with Gasteiger partial charge in [-0.3, -0.25) is 4.79 Å². The lowest BCUT2D eigenvalue weighted by Gasteiger charge is -2.34. The van der Waals surface area contributed by atoms with Crippen LogP contribution in [0.25, 0.3) is 0 Å². The topological polar surface area (TPSA) is 63.7 Å². The van der Waals surface area contributed by atoms with E-state index in [0.717, 1.165) is 11.1 Å². The number of rotatable bonds is 5. The highest BCUT2D eigenvalue weighted by molar-refractivity contribution is 7.89. The smallest absolute Gasteiger partial charge is 0.243 e. The number of Topliss-reactive ketones (excluding diaryl/α,β-unsaturated/α-hetero) is 1. The predicted octanol–water partition coefficient (Wildman–Crippen LogP) is 3.43. The van der Waals surface area contributed by atoms with Crippen LogP contribution in [0.4, 0.5) is 0 Å². The Bertz CT molecular complexity index is 972. The van der Waals surface area contributed by atoms with Gasteiger partial charge in [-0.2, -0.15) is 4.31 Å². The molecule has 0 spiro atoms. The number of nitrogens with zero attached hydrogens (tertiary/aromatic N) is 1. The Hall–Kier alpha value is -2.02. The molecule has 0 bridgehead atoms. The minimum atomic E-state index is -3.67. The highest BCUT2D eigenvalue weighted by atomic mass is 32.2. The molecular weight excluding hydrogens is 386 g/mol. The number of hydrogen-bond acceptors (Lipinski definition) is 4. The van der Waals surface area contributed by atoms with Crippen molar-refractivity contribution in [3.63, 3.8) is 0 Å². The Labute approximate surface area is 172 Å². The fraction of sp³-hybridized carbons (Fsp3) is 0.435. The van der Waals surface area contributed by atoms with E-state index >= 15 is 0 Å². The molecule has 2 aromatic rings. The third-order valence-electron chi connectivity index (χ3n) is 6.39. The number of piperidine rings is 1. The van der Waals surface area contributed by atoms with Crippen LogP contribution in [-0.4, -0.2) is 37.7 Å². The molecule has 4 rings (SSSR count). The molecule has 0 aromatic heterocycles. The van der Waals surface area contributed by atoms with Gasteiger partial charge in [0.25, 0.3) is 0 Å². The number of aryl methyl sites for hydroxylation is 1. The molecule has 154 valence electrons. The summed E-state index contributed by atoms with van der Waals surface area (Å²) in [4.78, 5) is 13.1. The number of carbonyl (C=O) groups excluding carboxylic acids is 1. The Balaban J connectivity index is 1.48. The van der Waals surface area contributed by atoms with Crippen LogP contribution in [0, 0.1) is 24.7 Å². The molecule has 1 aliphatic heterocycles. The first-order valence-electron chi connectivity index (χ1n) is 10.1. The van der Waals surface area contributed by atoms with Crippen molar-refractivity contribution in [2.75, 3.05) is 13.1 Å². The maximum Gasteiger partial charge on any atom is 0.243 e. The van der Waals surface area contributed by atoms with Gasteiger partial charge in [0.05, 0.1) is 24.2 Å². The van der Waals surface area contributed by atoms with Gasteiger partial charge in [0.1, 0.15) is 0 Å². The molecule has 1 saturated heterocycles. The summed E-state index contributed by atoms with van der Waals surface area (Å²) in [5.41, 5.74) is 2.10. The van der Waals surface area contributed by atoms with Crippen LogP contribution >= 0.6 is 0 Å². The van der Waals surface area contributed by atoms with Crippen molar-refractivity contribution >= 4 is 15.8 Å². The lowest BCUT2D eigenvalue weighted by atomic mass is 9.85. The standard InChI is InChI=1S/C23H27NO4S/c1-16-8-10-19(11-9-16)29(26,27)24-13-21-17(2)23(12-20(21)22(25)14-24)28-15-18-6-4-3-5-7-18/h3-11,17,20-21,23H,12-15H2,1-2H3/t17-,20-,21-,23-/m0/s1. The third kappa shape index (κ3) is 4.02. The average molecular weight is 414 g/mol. The summed E-state index contributed by atoms with van der Waals surface area (Å²) >= 11 is 0. The molecule has 0 amide bonds. The molecular formula is C23H27NO4S. The van der Waals surface area contributed by atoms with Crippen LogP contribution in [0.15, 0.2) is 59.5 Å². The number of ether oxygens (including phenoxy) is 1. The molecule has 29 heavy (non-hydrogen) atoms. The first-order valence-corrected chi connectivity index (χ1v) is 11.6. The van der Waals surface area contributed by atoms with Crippen LogP contribution in [0.1, 0.15) is 24.5 Å². The van der Waals surface area contributed by atoms with Crippen molar-refractivity contribution in [2.24, 2.45) is 17.8 Å². The average Bonchev–Trinajstić information content (AvgIpc) is 3.04. The summed E-state index contributed by atoms with van der Waals surface area (Å²) in [5.74, 6) is 0.0192. The van der Waals surface area contributed by atoms with E-state index in [1.165, 1.54) is 4.31 Å². The molecule has 1 aliphatic carbocycles. The number of fused-ring (bicyclic) bond motifs is 1. The van der Waals surface area contributed by atoms with Gasteiger partial charge < -0.3 is 4.74 Å². The fourth-order valence-electron chi connectivity index (χ4n) is 4.58. The van der Waals surface area contributed by atoms with Crippen molar-refractivity contribution in [3.05, 3.63) is 65.7 Å². The van der Waals surface area contributed by atoms with E-state index < -0.39 is 10.0 Å². The van der Waals surface area contributed by atoms with E-state index in [4.69, 9.17) is 4.74 Å². The number of carbonyl (C=O) groups is 1. The monoisotopic (exact) mass is 413 g/mol. The van der Waals surface area contributed by atoms with E-state index in [1.807, 2.05) is 37.3 Å². The summed E-state index contributed by atoms with van der Waals surface area (Å²) in [6.07, 6.45) is 0.645. The van der Waals surface area contributed by atoms with Crippen molar-refractivity contribution in [1.82, 2.24) is 4.31 Å². The van der Waals surface area contributed by atoms with Gasteiger partial charge in [-0.25, -0.2) is 8.42 Å². The SMILES string of the molecule is Cc1ccc(S(=O)(=O)N2CC(=O)[C@H]3C[C@H](OCc4ccccc4)[C@@H](C)[C@@H]3C2)cc1. The van der Waals surface area contributed by atoms with E-state index in [2.05, 4.69) is 6.92 Å². The van der Waals surface area contributed by atoms with Gasteiger partial charge >= 0.3 is 0 Å². The van der Waals surface area contributed by atoms with Gasteiger partial charge in [-0.15, -0.1) is 0 Å². The summed E-state index contributed by atoms with van der Waals surface area (Å²) in [5, 5.41) is 0. The fourth-order valence-corrected chi connectivity index (χ4v) is 6.02. The Kier molecular flexibility index (Phi) is 5.60. The van der Waals surface area contributed by atoms with Gasteiger partial charge in [0, 0.05) is 12.5 Å². The van der Waals surface area contributed by atoms with Gasteiger partial charge in [-0.05, 0) is 42.9 Å². The maximum atomic E-state index is 13.1. The summed E-state index contributed by atoms with van der Waals surface area (Å²) in [6.45, 7) is 4.83. The van der Waals surface area contributed by atoms with Crippen molar-refractivity contribution in [3.8, 4) is 0 Å². The molecule has 0 radical (unpaired) electrons. The van der Waals surface area contributed by atoms with Crippen LogP contribution in [0.3, 0.4) is 0 Å². The quantitative estimate of drug-likeness (QED) is 0.753. The molecule has 2 aromatic carbocycles. The van der Waals surface area contributed by atoms with E-state index in [9.17, 15) is 13.2 Å². The van der Waals surface area contributed by atoms with Gasteiger partial charge in [0.15, 0.2) is 5.78 Å². The third-order valence-corrected chi connectivity index (χ3v) is 8.22. The number of sulfonamides is 1. The predicted molar refractivity (Wildman–Crippen MR) is 111 cm³/mol. The molecule has 2 fully saturated rings. The molecule has 4 atom stereocenters. The van der Waals surface area contributed by atoms with Crippen molar-refractivity contribution in [2.45, 2.75) is 37.9 Å². The second kappa shape index (κ2) is 8.01. The van der Waals surface area contributed by atoms with Gasteiger partial charge in [-0.1, -0.05) is 55.0 Å². The van der Waals surface area contributed by atoms with E-state index in [-0.39, 0.29) is 41.1 Å². The molecule has 6 heteroatoms. The molecule has 0 unspecified atom stereocenters. The zero-order valence-corrected chi connectivity index (χ0v) is 17.6. The van der Waals surface area contributed by atoms with Crippen LogP contribution < -0.4 is 0 Å². The van der Waals surface area contributed by atoms with Crippen LogP contribution in [0.2, 0.25) is 0 Å². The minimum absolute atomic E-state index is 0.00255. The molecule has 1 heterocycles. The highest BCUT2D eigenvalue weighted by Gasteiger charge is 2.50. The second-order valence-corrected chi connectivity index (χ2v) is 10.2. The number of ketones is 1.